The maximum absolute atomic E-state index is 10.4. The highest BCUT2D eigenvalue weighted by Crippen LogP contribution is 2.28. The van der Waals surface area contributed by atoms with Crippen LogP contribution >= 0.6 is 11.6 Å². The lowest BCUT2D eigenvalue weighted by molar-refractivity contribution is 0.249. The highest BCUT2D eigenvalue weighted by atomic mass is 35.5. The van der Waals surface area contributed by atoms with E-state index in [-0.39, 0.29) is 0 Å². The summed E-state index contributed by atoms with van der Waals surface area (Å²) in [6.07, 6.45) is 4.07. The van der Waals surface area contributed by atoms with Crippen LogP contribution in [0.15, 0.2) is 15.7 Å². The molecule has 0 aliphatic heterocycles. The van der Waals surface area contributed by atoms with Crippen LogP contribution in [0.1, 0.15) is 32.6 Å². The molecule has 0 atom stereocenters. The van der Waals surface area contributed by atoms with E-state index < -0.39 is 6.03 Å². The van der Waals surface area contributed by atoms with Gasteiger partial charge in [0, 0.05) is 5.03 Å². The number of nitrogens with one attached hydrogen (secondary N) is 1. The molecule has 1 aliphatic rings. The van der Waals surface area contributed by atoms with Gasteiger partial charge in [0.2, 0.25) is 0 Å². The number of carbonyl (C=O) groups is 1. The molecule has 0 heterocycles. The van der Waals surface area contributed by atoms with E-state index in [1.54, 1.807) is 0 Å². The van der Waals surface area contributed by atoms with Crippen molar-refractivity contribution in [1.82, 2.24) is 5.43 Å². The molecule has 0 radical (unpaired) electrons. The van der Waals surface area contributed by atoms with Gasteiger partial charge in [-0.25, -0.2) is 10.2 Å². The lowest BCUT2D eigenvalue weighted by Gasteiger charge is -2.15. The van der Waals surface area contributed by atoms with Crippen molar-refractivity contribution in [3.8, 4) is 0 Å². The maximum Gasteiger partial charge on any atom is 0.332 e. The van der Waals surface area contributed by atoms with E-state index >= 15 is 0 Å². The minimum absolute atomic E-state index is 0.656. The second-order valence-corrected chi connectivity index (χ2v) is 3.72. The van der Waals surface area contributed by atoms with Crippen molar-refractivity contribution >= 4 is 23.3 Å². The minimum Gasteiger partial charge on any atom is -0.350 e. The second-order valence-electron chi connectivity index (χ2n) is 3.26. The lowest BCUT2D eigenvalue weighted by atomic mass is 9.96. The van der Waals surface area contributed by atoms with Crippen LogP contribution < -0.4 is 11.2 Å². The van der Waals surface area contributed by atoms with Gasteiger partial charge in [-0.3, -0.25) is 0 Å². The zero-order valence-corrected chi connectivity index (χ0v) is 8.90. The van der Waals surface area contributed by atoms with Gasteiger partial charge in [0.15, 0.2) is 0 Å². The van der Waals surface area contributed by atoms with Crippen LogP contribution in [-0.2, 0) is 0 Å². The Kier molecular flexibility index (Phi) is 3.95. The number of hydrogen-bond donors (Lipinski definition) is 2. The Morgan fingerprint density at radius 3 is 2.71 bits per heavy atom. The molecule has 1 rings (SSSR count). The fourth-order valence-corrected chi connectivity index (χ4v) is 1.82. The predicted octanol–water partition coefficient (Wildman–Crippen LogP) is 2.10. The van der Waals surface area contributed by atoms with Gasteiger partial charge >= 0.3 is 6.03 Å². The fourth-order valence-electron chi connectivity index (χ4n) is 1.45. The monoisotopic (exact) mass is 215 g/mol. The smallest absolute Gasteiger partial charge is 0.332 e. The standard InChI is InChI=1S/C9H14ClN3O/c1-6(12-13-9(11)14)7-4-2-3-5-8(7)10/h2-5H2,1H3,(H3,11,13,14). The quantitative estimate of drug-likeness (QED) is 0.538. The molecule has 5 heteroatoms. The van der Waals surface area contributed by atoms with Crippen molar-refractivity contribution in [1.29, 1.82) is 0 Å². The molecule has 0 unspecified atom stereocenters. The van der Waals surface area contributed by atoms with Crippen molar-refractivity contribution < 1.29 is 4.79 Å². The Bertz CT molecular complexity index is 296. The van der Waals surface area contributed by atoms with Crippen molar-refractivity contribution in [2.45, 2.75) is 32.6 Å². The van der Waals surface area contributed by atoms with Crippen LogP contribution in [0.5, 0.6) is 0 Å². The number of rotatable bonds is 2. The molecule has 0 aromatic rings. The molecule has 14 heavy (non-hydrogen) atoms. The first-order valence-electron chi connectivity index (χ1n) is 4.59. The first-order chi connectivity index (χ1) is 6.61. The van der Waals surface area contributed by atoms with Gasteiger partial charge in [-0.2, -0.15) is 5.10 Å². The van der Waals surface area contributed by atoms with E-state index in [2.05, 4.69) is 10.5 Å². The van der Waals surface area contributed by atoms with Gasteiger partial charge in [0.05, 0.1) is 5.71 Å². The van der Waals surface area contributed by atoms with Gasteiger partial charge in [-0.1, -0.05) is 11.6 Å². The number of nitrogens with two attached hydrogens (primary N) is 1. The molecule has 4 nitrogen and oxygen atoms in total. The third kappa shape index (κ3) is 3.03. The summed E-state index contributed by atoms with van der Waals surface area (Å²) in [5, 5.41) is 4.70. The molecule has 3 N–H and O–H groups in total. The van der Waals surface area contributed by atoms with E-state index in [4.69, 9.17) is 17.3 Å². The Labute approximate surface area is 88.2 Å². The zero-order chi connectivity index (χ0) is 10.6. The summed E-state index contributed by atoms with van der Waals surface area (Å²) in [4.78, 5) is 10.4. The number of allylic oxidation sites excluding steroid dienone is 2. The van der Waals surface area contributed by atoms with Crippen molar-refractivity contribution in [3.63, 3.8) is 0 Å². The average molecular weight is 216 g/mol. The average Bonchev–Trinajstić information content (AvgIpc) is 2.15. The molecule has 78 valence electrons. The van der Waals surface area contributed by atoms with Crippen molar-refractivity contribution in [2.75, 3.05) is 0 Å². The van der Waals surface area contributed by atoms with E-state index in [1.165, 1.54) is 0 Å². The second kappa shape index (κ2) is 5.00. The molecule has 0 bridgehead atoms. The summed E-state index contributed by atoms with van der Waals surface area (Å²) >= 11 is 6.05. The summed E-state index contributed by atoms with van der Waals surface area (Å²) in [6.45, 7) is 1.82. The van der Waals surface area contributed by atoms with E-state index in [0.717, 1.165) is 42.0 Å². The summed E-state index contributed by atoms with van der Waals surface area (Å²) in [7, 11) is 0. The van der Waals surface area contributed by atoms with Gasteiger partial charge in [0.1, 0.15) is 0 Å². The number of carbonyl (C=O) groups excluding carboxylic acids is 1. The number of primary amides is 1. The van der Waals surface area contributed by atoms with Crippen LogP contribution in [-0.4, -0.2) is 11.7 Å². The van der Waals surface area contributed by atoms with E-state index in [0.29, 0.717) is 0 Å². The van der Waals surface area contributed by atoms with Crippen LogP contribution in [0.25, 0.3) is 0 Å². The third-order valence-corrected chi connectivity index (χ3v) is 2.59. The topological polar surface area (TPSA) is 67.5 Å². The number of amides is 2. The number of urea groups is 1. The summed E-state index contributed by atoms with van der Waals surface area (Å²) in [5.74, 6) is 0. The molecule has 0 fully saturated rings. The molecule has 0 saturated carbocycles. The summed E-state index contributed by atoms with van der Waals surface area (Å²) in [6, 6.07) is -0.656. The minimum atomic E-state index is -0.656. The molecule has 1 aliphatic carbocycles. The highest BCUT2D eigenvalue weighted by Gasteiger charge is 2.13. The van der Waals surface area contributed by atoms with Crippen molar-refractivity contribution in [2.24, 2.45) is 10.8 Å². The highest BCUT2D eigenvalue weighted by molar-refractivity contribution is 6.32. The lowest BCUT2D eigenvalue weighted by Crippen LogP contribution is -2.25. The fraction of sp³-hybridized carbons (Fsp3) is 0.556. The molecular weight excluding hydrogens is 202 g/mol. The van der Waals surface area contributed by atoms with Crippen LogP contribution in [0, 0.1) is 0 Å². The first-order valence-corrected chi connectivity index (χ1v) is 4.96. The van der Waals surface area contributed by atoms with Gasteiger partial charge in [0.25, 0.3) is 0 Å². The van der Waals surface area contributed by atoms with E-state index in [9.17, 15) is 4.79 Å². The Hall–Kier alpha value is -1.03. The van der Waals surface area contributed by atoms with Crippen molar-refractivity contribution in [3.05, 3.63) is 10.6 Å². The van der Waals surface area contributed by atoms with E-state index in [1.807, 2.05) is 6.92 Å². The van der Waals surface area contributed by atoms with Gasteiger partial charge < -0.3 is 5.73 Å². The molecule has 0 spiro atoms. The summed E-state index contributed by atoms with van der Waals surface area (Å²) < 4.78 is 0. The molecule has 2 amide bonds. The molecular formula is C9H14ClN3O. The predicted molar refractivity (Wildman–Crippen MR) is 57.2 cm³/mol. The molecule has 0 aromatic carbocycles. The van der Waals surface area contributed by atoms with Crippen LogP contribution in [0.2, 0.25) is 0 Å². The van der Waals surface area contributed by atoms with Gasteiger partial charge in [-0.05, 0) is 38.2 Å². The number of halogens is 1. The largest absolute Gasteiger partial charge is 0.350 e. The Morgan fingerprint density at radius 1 is 1.50 bits per heavy atom. The van der Waals surface area contributed by atoms with Gasteiger partial charge in [-0.15, -0.1) is 0 Å². The first kappa shape index (κ1) is 11.0. The Morgan fingerprint density at radius 2 is 2.14 bits per heavy atom. The number of nitrogens with zero attached hydrogens (tertiary/aromatic N) is 1. The van der Waals surface area contributed by atoms with Crippen LogP contribution in [0.4, 0.5) is 4.79 Å². The Balaban J connectivity index is 2.71. The number of hydrazone groups is 1. The normalized spacial score (nSPS) is 18.3. The number of hydrogen-bond acceptors (Lipinski definition) is 2. The molecule has 0 aromatic heterocycles. The SMILES string of the molecule is CC(=NNC(N)=O)C1=C(Cl)CCCC1. The third-order valence-electron chi connectivity index (χ3n) is 2.17. The van der Waals surface area contributed by atoms with Crippen LogP contribution in [0.3, 0.4) is 0 Å². The molecule has 0 saturated heterocycles. The maximum atomic E-state index is 10.4. The zero-order valence-electron chi connectivity index (χ0n) is 8.14. The summed E-state index contributed by atoms with van der Waals surface area (Å²) in [5.41, 5.74) is 8.87.